The van der Waals surface area contributed by atoms with E-state index in [9.17, 15) is 13.2 Å². The third-order valence-electron chi connectivity index (χ3n) is 3.21. The monoisotopic (exact) mass is 411 g/mol. The molecule has 2 heterocycles. The highest BCUT2D eigenvalue weighted by molar-refractivity contribution is 7.89. The molecule has 0 unspecified atom stereocenters. The number of amides is 1. The number of hydrogen-bond donors (Lipinski definition) is 1. The number of carbonyl (C=O) groups excluding carboxylic acids is 1. The van der Waals surface area contributed by atoms with Crippen LogP contribution < -0.4 is 5.32 Å². The summed E-state index contributed by atoms with van der Waals surface area (Å²) in [6, 6.07) is 6.88. The number of aromatic nitrogens is 2. The molecule has 2 aromatic heterocycles. The van der Waals surface area contributed by atoms with Crippen molar-refractivity contribution in [3.63, 3.8) is 0 Å². The second-order valence-electron chi connectivity index (χ2n) is 5.51. The van der Waals surface area contributed by atoms with Gasteiger partial charge in [0.25, 0.3) is 0 Å². The third kappa shape index (κ3) is 4.90. The molecule has 0 spiro atoms. The first-order chi connectivity index (χ1) is 12.3. The van der Waals surface area contributed by atoms with Crippen LogP contribution >= 0.6 is 22.9 Å². The Morgan fingerprint density at radius 2 is 1.88 bits per heavy atom. The van der Waals surface area contributed by atoms with Crippen molar-refractivity contribution in [2.24, 2.45) is 0 Å². The molecule has 7 nitrogen and oxygen atoms in total. The fourth-order valence-electron chi connectivity index (χ4n) is 2.18. The average Bonchev–Trinajstić information content (AvgIpc) is 3.16. The van der Waals surface area contributed by atoms with Crippen molar-refractivity contribution in [3.8, 4) is 11.5 Å². The fraction of sp³-hybridized carbons (Fsp3) is 0.188. The van der Waals surface area contributed by atoms with Crippen LogP contribution in [0.5, 0.6) is 0 Å². The Morgan fingerprint density at radius 1 is 1.19 bits per heavy atom. The second-order valence-corrected chi connectivity index (χ2v) is 8.87. The van der Waals surface area contributed by atoms with E-state index in [0.717, 1.165) is 0 Å². The highest BCUT2D eigenvalue weighted by atomic mass is 35.5. The molecule has 0 aliphatic heterocycles. The molecule has 26 heavy (non-hydrogen) atoms. The topological polar surface area (TPSA) is 102 Å². The number of hydrogen-bond acceptors (Lipinski definition) is 7. The van der Waals surface area contributed by atoms with Crippen LogP contribution in [0.4, 0.5) is 5.13 Å². The molecule has 0 aliphatic carbocycles. The minimum Gasteiger partial charge on any atom is -0.444 e. The van der Waals surface area contributed by atoms with E-state index in [1.54, 1.807) is 29.6 Å². The van der Waals surface area contributed by atoms with Gasteiger partial charge in [-0.1, -0.05) is 11.6 Å². The largest absolute Gasteiger partial charge is 0.444 e. The highest BCUT2D eigenvalue weighted by Crippen LogP contribution is 2.23. The highest BCUT2D eigenvalue weighted by Gasteiger charge is 2.18. The van der Waals surface area contributed by atoms with Crippen molar-refractivity contribution in [2.45, 2.75) is 18.4 Å². The van der Waals surface area contributed by atoms with E-state index in [-0.39, 0.29) is 17.4 Å². The lowest BCUT2D eigenvalue weighted by atomic mass is 10.2. The zero-order valence-electron chi connectivity index (χ0n) is 13.6. The first-order valence-electron chi connectivity index (χ1n) is 7.43. The number of nitrogens with zero attached hydrogens (tertiary/aromatic N) is 2. The van der Waals surface area contributed by atoms with Crippen LogP contribution in [-0.2, 0) is 26.1 Å². The zero-order valence-corrected chi connectivity index (χ0v) is 16.0. The van der Waals surface area contributed by atoms with E-state index in [2.05, 4.69) is 15.3 Å². The van der Waals surface area contributed by atoms with Crippen molar-refractivity contribution < 1.29 is 17.6 Å². The van der Waals surface area contributed by atoms with Crippen molar-refractivity contribution >= 4 is 43.8 Å². The maximum absolute atomic E-state index is 12.4. The van der Waals surface area contributed by atoms with E-state index < -0.39 is 9.84 Å². The molecule has 1 aromatic carbocycles. The van der Waals surface area contributed by atoms with E-state index in [1.165, 1.54) is 24.5 Å². The number of nitrogens with one attached hydrogen (secondary N) is 1. The average molecular weight is 412 g/mol. The number of thiazole rings is 1. The molecule has 0 atom stereocenters. The Bertz CT molecular complexity index is 1030. The molecule has 1 amide bonds. The number of halogens is 1. The van der Waals surface area contributed by atoms with Crippen molar-refractivity contribution in [3.05, 3.63) is 52.3 Å². The molecule has 0 fully saturated rings. The number of anilines is 1. The van der Waals surface area contributed by atoms with Gasteiger partial charge in [-0.3, -0.25) is 4.79 Å². The first-order valence-corrected chi connectivity index (χ1v) is 10.5. The normalized spacial score (nSPS) is 11.5. The molecule has 1 N–H and O–H groups in total. The minimum absolute atomic E-state index is 0.244. The van der Waals surface area contributed by atoms with Gasteiger partial charge in [0.1, 0.15) is 6.26 Å². The molecule has 3 rings (SSSR count). The van der Waals surface area contributed by atoms with Crippen LogP contribution in [0.2, 0.25) is 5.02 Å². The Hall–Kier alpha value is -2.23. The first kappa shape index (κ1) is 18.6. The molecule has 3 aromatic rings. The summed E-state index contributed by atoms with van der Waals surface area (Å²) in [6.45, 7) is 1.36. The zero-order chi connectivity index (χ0) is 18.7. The number of oxazole rings is 1. The molecule has 0 bridgehead atoms. The van der Waals surface area contributed by atoms with Crippen LogP contribution in [0.1, 0.15) is 18.3 Å². The predicted octanol–water partition coefficient (Wildman–Crippen LogP) is 3.52. The number of benzene rings is 1. The van der Waals surface area contributed by atoms with E-state index >= 15 is 0 Å². The van der Waals surface area contributed by atoms with Crippen LogP contribution in [0.3, 0.4) is 0 Å². The summed E-state index contributed by atoms with van der Waals surface area (Å²) >= 11 is 7.01. The predicted molar refractivity (Wildman–Crippen MR) is 99.7 cm³/mol. The molecule has 0 saturated carbocycles. The maximum Gasteiger partial charge on any atom is 0.226 e. The molecular formula is C16H14ClN3O4S2. The van der Waals surface area contributed by atoms with Gasteiger partial charge in [0.15, 0.2) is 15.0 Å². The van der Waals surface area contributed by atoms with Gasteiger partial charge in [0, 0.05) is 22.9 Å². The van der Waals surface area contributed by atoms with Crippen LogP contribution in [0.25, 0.3) is 11.5 Å². The molecular weight excluding hydrogens is 398 g/mol. The summed E-state index contributed by atoms with van der Waals surface area (Å²) in [6.07, 6.45) is 1.32. The number of carbonyl (C=O) groups is 1. The van der Waals surface area contributed by atoms with Gasteiger partial charge in [-0.25, -0.2) is 18.4 Å². The Morgan fingerprint density at radius 3 is 2.58 bits per heavy atom. The maximum atomic E-state index is 12.4. The lowest BCUT2D eigenvalue weighted by Gasteiger charge is -1.99. The number of sulfone groups is 1. The van der Waals surface area contributed by atoms with Gasteiger partial charge in [0.05, 0.1) is 22.9 Å². The van der Waals surface area contributed by atoms with Gasteiger partial charge >= 0.3 is 0 Å². The Balaban J connectivity index is 1.68. The van der Waals surface area contributed by atoms with Crippen LogP contribution in [0.15, 0.2) is 40.3 Å². The molecule has 10 heteroatoms. The van der Waals surface area contributed by atoms with Gasteiger partial charge < -0.3 is 9.73 Å². The summed E-state index contributed by atoms with van der Waals surface area (Å²) in [5.74, 6) is -0.442. The summed E-state index contributed by atoms with van der Waals surface area (Å²) in [7, 11) is -3.49. The lowest BCUT2D eigenvalue weighted by molar-refractivity contribution is -0.114. The molecule has 0 radical (unpaired) electrons. The van der Waals surface area contributed by atoms with Gasteiger partial charge in [-0.05, 0) is 24.3 Å². The number of rotatable bonds is 6. The SMILES string of the molecule is CC(=O)Nc1nc(CS(=O)(=O)Cc2coc(-c3ccc(Cl)cc3)n2)cs1. The van der Waals surface area contributed by atoms with Crippen molar-refractivity contribution in [1.29, 1.82) is 0 Å². The Labute approximate surface area is 159 Å². The van der Waals surface area contributed by atoms with Gasteiger partial charge in [0.2, 0.25) is 11.8 Å². The smallest absolute Gasteiger partial charge is 0.226 e. The minimum atomic E-state index is -3.49. The van der Waals surface area contributed by atoms with E-state index in [0.29, 0.717) is 33.0 Å². The summed E-state index contributed by atoms with van der Waals surface area (Å²) < 4.78 is 30.1. The van der Waals surface area contributed by atoms with Crippen LogP contribution in [0, 0.1) is 0 Å². The summed E-state index contributed by atoms with van der Waals surface area (Å²) in [5, 5.41) is 5.08. The standard InChI is InChI=1S/C16H14ClN3O4S2/c1-10(21)18-16-20-14(7-25-16)9-26(22,23)8-13-6-24-15(19-13)11-2-4-12(17)5-3-11/h2-7H,8-9H2,1H3,(H,18,20,21). The Kier molecular flexibility index (Phi) is 5.40. The van der Waals surface area contributed by atoms with E-state index in [1.807, 2.05) is 0 Å². The van der Waals surface area contributed by atoms with Crippen molar-refractivity contribution in [1.82, 2.24) is 9.97 Å². The second kappa shape index (κ2) is 7.56. The molecule has 136 valence electrons. The fourth-order valence-corrected chi connectivity index (χ4v) is 4.45. The van der Waals surface area contributed by atoms with Gasteiger partial charge in [-0.15, -0.1) is 11.3 Å². The summed E-state index contributed by atoms with van der Waals surface area (Å²) in [5.41, 5.74) is 1.39. The quantitative estimate of drug-likeness (QED) is 0.665. The van der Waals surface area contributed by atoms with Crippen molar-refractivity contribution in [2.75, 3.05) is 5.32 Å². The van der Waals surface area contributed by atoms with E-state index in [4.69, 9.17) is 16.0 Å². The summed E-state index contributed by atoms with van der Waals surface area (Å²) in [4.78, 5) is 19.3. The third-order valence-corrected chi connectivity index (χ3v) is 5.74. The molecule has 0 aliphatic rings. The molecule has 0 saturated heterocycles. The lowest BCUT2D eigenvalue weighted by Crippen LogP contribution is -2.09. The van der Waals surface area contributed by atoms with Crippen LogP contribution in [-0.4, -0.2) is 24.3 Å². The van der Waals surface area contributed by atoms with Gasteiger partial charge in [-0.2, -0.15) is 0 Å².